The Morgan fingerprint density at radius 2 is 1.85 bits per heavy atom. The summed E-state index contributed by atoms with van der Waals surface area (Å²) in [4.78, 5) is 42.2. The monoisotopic (exact) mass is 369 g/mol. The molecule has 0 spiro atoms. The summed E-state index contributed by atoms with van der Waals surface area (Å²) in [5, 5.41) is 14.9. The van der Waals surface area contributed by atoms with Crippen LogP contribution in [-0.4, -0.2) is 28.6 Å². The molecule has 136 valence electrons. The van der Waals surface area contributed by atoms with Gasteiger partial charge in [0.05, 0.1) is 10.6 Å². The zero-order valence-electron chi connectivity index (χ0n) is 14.0. The van der Waals surface area contributed by atoms with E-state index in [1.807, 2.05) is 0 Å². The molecule has 1 fully saturated rings. The Morgan fingerprint density at radius 1 is 1.15 bits per heavy atom. The molecule has 0 N–H and O–H groups in total. The van der Waals surface area contributed by atoms with Gasteiger partial charge in [-0.15, -0.1) is 0 Å². The third kappa shape index (κ3) is 2.55. The van der Waals surface area contributed by atoms with Gasteiger partial charge in [-0.3, -0.25) is 19.7 Å². The summed E-state index contributed by atoms with van der Waals surface area (Å²) in [7, 11) is 0. The number of nitro groups is 1. The van der Waals surface area contributed by atoms with Gasteiger partial charge in [0.25, 0.3) is 11.6 Å². The van der Waals surface area contributed by atoms with E-state index in [9.17, 15) is 24.1 Å². The maximum Gasteiger partial charge on any atom is 0.278 e. The lowest BCUT2D eigenvalue weighted by Gasteiger charge is -2.17. The lowest BCUT2D eigenvalue weighted by atomic mass is 9.94. The van der Waals surface area contributed by atoms with E-state index in [2.05, 4.69) is 5.16 Å². The Balaban J connectivity index is 1.73. The topological polar surface area (TPSA) is 102 Å². The highest BCUT2D eigenvalue weighted by molar-refractivity contribution is 6.32. The van der Waals surface area contributed by atoms with Crippen LogP contribution in [0.25, 0.3) is 0 Å². The third-order valence-electron chi connectivity index (χ3n) is 4.60. The number of hydrogen-bond donors (Lipinski definition) is 0. The normalized spacial score (nSPS) is 21.1. The van der Waals surface area contributed by atoms with Crippen LogP contribution in [0, 0.1) is 28.8 Å². The number of halogens is 1. The fourth-order valence-electron chi connectivity index (χ4n) is 3.23. The highest BCUT2D eigenvalue weighted by Gasteiger charge is 2.56. The Morgan fingerprint density at radius 3 is 2.52 bits per heavy atom. The van der Waals surface area contributed by atoms with Crippen LogP contribution in [-0.2, 0) is 14.4 Å². The molecular weight excluding hydrogens is 357 g/mol. The number of nitrogens with zero attached hydrogens (tertiary/aromatic N) is 3. The maximum atomic E-state index is 13.2. The minimum absolute atomic E-state index is 0.135. The van der Waals surface area contributed by atoms with E-state index >= 15 is 0 Å². The number of anilines is 1. The molecule has 2 aliphatic heterocycles. The summed E-state index contributed by atoms with van der Waals surface area (Å²) in [5.74, 6) is -2.66. The molecule has 2 aliphatic rings. The fraction of sp³-hybridized carbons (Fsp3) is 0.167. The lowest BCUT2D eigenvalue weighted by Crippen LogP contribution is -2.33. The number of rotatable bonds is 3. The summed E-state index contributed by atoms with van der Waals surface area (Å²) < 4.78 is 13.2. The van der Waals surface area contributed by atoms with Crippen molar-refractivity contribution in [3.8, 4) is 0 Å². The van der Waals surface area contributed by atoms with E-state index in [0.717, 1.165) is 4.90 Å². The average Bonchev–Trinajstić information content (AvgIpc) is 3.17. The molecule has 0 aliphatic carbocycles. The van der Waals surface area contributed by atoms with Crippen molar-refractivity contribution in [2.45, 2.75) is 13.0 Å². The molecule has 2 aromatic carbocycles. The SMILES string of the molecule is Cc1ccc([N+](=O)[O-])cc1N1C(=O)[C@@H]2C(c3ccc(F)cc3)=NO[C@H]2C1=O. The lowest BCUT2D eigenvalue weighted by molar-refractivity contribution is -0.384. The van der Waals surface area contributed by atoms with Crippen molar-refractivity contribution < 1.29 is 23.7 Å². The van der Waals surface area contributed by atoms with Crippen LogP contribution in [0.3, 0.4) is 0 Å². The van der Waals surface area contributed by atoms with E-state index in [-0.39, 0.29) is 17.1 Å². The number of fused-ring (bicyclic) bond motifs is 1. The first kappa shape index (κ1) is 16.8. The first-order valence-corrected chi connectivity index (χ1v) is 8.01. The largest absolute Gasteiger partial charge is 0.381 e. The number of hydrogen-bond acceptors (Lipinski definition) is 6. The van der Waals surface area contributed by atoms with Gasteiger partial charge in [0.1, 0.15) is 17.4 Å². The molecule has 0 unspecified atom stereocenters. The van der Waals surface area contributed by atoms with Gasteiger partial charge in [0, 0.05) is 17.7 Å². The molecular formula is C18H12FN3O5. The number of aryl methyl sites for hydroxylation is 1. The van der Waals surface area contributed by atoms with Gasteiger partial charge in [-0.2, -0.15) is 0 Å². The molecule has 2 aromatic rings. The molecule has 1 saturated heterocycles. The van der Waals surface area contributed by atoms with Crippen molar-refractivity contribution in [3.63, 3.8) is 0 Å². The average molecular weight is 369 g/mol. The van der Waals surface area contributed by atoms with Gasteiger partial charge in [-0.1, -0.05) is 23.4 Å². The van der Waals surface area contributed by atoms with Crippen molar-refractivity contribution in [3.05, 3.63) is 69.5 Å². The molecule has 9 heteroatoms. The summed E-state index contributed by atoms with van der Waals surface area (Å²) in [5.41, 5.74) is 1.12. The smallest absolute Gasteiger partial charge is 0.278 e. The Hall–Kier alpha value is -3.62. The van der Waals surface area contributed by atoms with Gasteiger partial charge in [-0.25, -0.2) is 9.29 Å². The Kier molecular flexibility index (Phi) is 3.72. The predicted octanol–water partition coefficient (Wildman–Crippen LogP) is 2.33. The molecule has 0 bridgehead atoms. The number of nitro benzene ring substituents is 1. The van der Waals surface area contributed by atoms with E-state index in [1.54, 1.807) is 6.92 Å². The van der Waals surface area contributed by atoms with Crippen LogP contribution in [0.1, 0.15) is 11.1 Å². The molecule has 8 nitrogen and oxygen atoms in total. The van der Waals surface area contributed by atoms with E-state index in [0.29, 0.717) is 11.1 Å². The van der Waals surface area contributed by atoms with Crippen LogP contribution in [0.2, 0.25) is 0 Å². The minimum Gasteiger partial charge on any atom is -0.381 e. The Bertz CT molecular complexity index is 1020. The van der Waals surface area contributed by atoms with E-state index in [1.165, 1.54) is 42.5 Å². The predicted molar refractivity (Wildman–Crippen MR) is 91.6 cm³/mol. The van der Waals surface area contributed by atoms with Crippen molar-refractivity contribution >= 4 is 28.9 Å². The molecule has 0 aromatic heterocycles. The number of amides is 2. The molecule has 4 rings (SSSR count). The summed E-state index contributed by atoms with van der Waals surface area (Å²) in [6.45, 7) is 1.64. The second-order valence-electron chi connectivity index (χ2n) is 6.23. The molecule has 0 saturated carbocycles. The van der Waals surface area contributed by atoms with Crippen LogP contribution < -0.4 is 4.90 Å². The van der Waals surface area contributed by atoms with Crippen LogP contribution in [0.15, 0.2) is 47.6 Å². The van der Waals surface area contributed by atoms with Crippen molar-refractivity contribution in [1.82, 2.24) is 0 Å². The number of imide groups is 1. The first-order valence-electron chi connectivity index (χ1n) is 8.01. The Labute approximate surface area is 152 Å². The maximum absolute atomic E-state index is 13.2. The number of carbonyl (C=O) groups excluding carboxylic acids is 2. The summed E-state index contributed by atoms with van der Waals surface area (Å²) in [6.07, 6.45) is -1.14. The zero-order valence-corrected chi connectivity index (χ0v) is 14.0. The van der Waals surface area contributed by atoms with Crippen molar-refractivity contribution in [2.75, 3.05) is 4.90 Å². The van der Waals surface area contributed by atoms with Crippen LogP contribution in [0.5, 0.6) is 0 Å². The fourth-order valence-corrected chi connectivity index (χ4v) is 3.23. The second kappa shape index (κ2) is 5.97. The van der Waals surface area contributed by atoms with Gasteiger partial charge in [0.2, 0.25) is 12.0 Å². The minimum atomic E-state index is -1.14. The highest BCUT2D eigenvalue weighted by Crippen LogP contribution is 2.37. The zero-order chi connectivity index (χ0) is 19.3. The van der Waals surface area contributed by atoms with Gasteiger partial charge >= 0.3 is 0 Å². The van der Waals surface area contributed by atoms with Crippen LogP contribution >= 0.6 is 0 Å². The standard InChI is InChI=1S/C18H12FN3O5/c1-9-2-7-12(22(25)26)8-13(9)21-17(23)14-15(20-27-16(14)18(21)24)10-3-5-11(19)6-4-10/h2-8,14,16H,1H3/t14-,16-/m1/s1. The molecule has 0 radical (unpaired) electrons. The van der Waals surface area contributed by atoms with Crippen molar-refractivity contribution in [2.24, 2.45) is 11.1 Å². The number of carbonyl (C=O) groups is 2. The quantitative estimate of drug-likeness (QED) is 0.469. The van der Waals surface area contributed by atoms with Gasteiger partial charge < -0.3 is 4.84 Å². The van der Waals surface area contributed by atoms with E-state index in [4.69, 9.17) is 4.84 Å². The van der Waals surface area contributed by atoms with Gasteiger partial charge in [0.15, 0.2) is 0 Å². The number of benzene rings is 2. The second-order valence-corrected chi connectivity index (χ2v) is 6.23. The number of non-ortho nitro benzene ring substituents is 1. The molecule has 2 amide bonds. The van der Waals surface area contributed by atoms with Crippen molar-refractivity contribution in [1.29, 1.82) is 0 Å². The van der Waals surface area contributed by atoms with Crippen LogP contribution in [0.4, 0.5) is 15.8 Å². The summed E-state index contributed by atoms with van der Waals surface area (Å²) in [6, 6.07) is 9.27. The van der Waals surface area contributed by atoms with E-state index < -0.39 is 34.6 Å². The first-order chi connectivity index (χ1) is 12.9. The highest BCUT2D eigenvalue weighted by atomic mass is 19.1. The third-order valence-corrected chi connectivity index (χ3v) is 4.60. The molecule has 27 heavy (non-hydrogen) atoms. The van der Waals surface area contributed by atoms with Gasteiger partial charge in [-0.05, 0) is 24.6 Å². The number of oxime groups is 1. The molecule has 2 atom stereocenters. The molecule has 2 heterocycles. The summed E-state index contributed by atoms with van der Waals surface area (Å²) >= 11 is 0.